The van der Waals surface area contributed by atoms with E-state index in [1.807, 2.05) is 0 Å². The Labute approximate surface area is 222 Å². The van der Waals surface area contributed by atoms with E-state index in [1.165, 1.54) is 41.3 Å². The second-order valence-corrected chi connectivity index (χ2v) is 10.9. The van der Waals surface area contributed by atoms with Gasteiger partial charge in [-0.05, 0) is 57.2 Å². The van der Waals surface area contributed by atoms with E-state index < -0.39 is 22.9 Å². The molecule has 1 aliphatic rings. The molecule has 0 aliphatic heterocycles. The summed E-state index contributed by atoms with van der Waals surface area (Å²) in [5, 5.41) is 14.3. The second-order valence-electron chi connectivity index (χ2n) is 8.51. The van der Waals surface area contributed by atoms with E-state index in [0.717, 1.165) is 36.1 Å². The van der Waals surface area contributed by atoms with E-state index in [1.54, 1.807) is 31.5 Å². The summed E-state index contributed by atoms with van der Waals surface area (Å²) < 4.78 is 20.8. The number of ether oxygens (including phenoxy) is 1. The number of halogens is 1. The molecule has 1 aliphatic carbocycles. The van der Waals surface area contributed by atoms with E-state index in [2.05, 4.69) is 20.8 Å². The molecule has 1 aromatic carbocycles. The maximum absolute atomic E-state index is 13.8. The normalized spacial score (nSPS) is 13.5. The van der Waals surface area contributed by atoms with Gasteiger partial charge in [0, 0.05) is 11.9 Å². The number of thiophene rings is 1. The number of thioether (sulfide) groups is 1. The number of aromatic nitrogens is 3. The van der Waals surface area contributed by atoms with Gasteiger partial charge in [0.2, 0.25) is 5.91 Å². The Bertz CT molecular complexity index is 1320. The van der Waals surface area contributed by atoms with Gasteiger partial charge in [-0.25, -0.2) is 9.18 Å². The molecule has 2 heterocycles. The van der Waals surface area contributed by atoms with Crippen LogP contribution in [0.4, 0.5) is 9.39 Å². The Morgan fingerprint density at radius 3 is 2.73 bits per heavy atom. The van der Waals surface area contributed by atoms with Crippen LogP contribution in [0.15, 0.2) is 29.4 Å². The first kappa shape index (κ1) is 26.8. The van der Waals surface area contributed by atoms with E-state index >= 15 is 0 Å². The molecule has 3 aromatic rings. The van der Waals surface area contributed by atoms with Crippen LogP contribution >= 0.6 is 23.1 Å². The van der Waals surface area contributed by atoms with Crippen LogP contribution in [-0.4, -0.2) is 44.4 Å². The van der Waals surface area contributed by atoms with Crippen LogP contribution in [0.1, 0.15) is 63.7 Å². The highest BCUT2D eigenvalue weighted by Crippen LogP contribution is 2.39. The largest absolute Gasteiger partial charge is 0.462 e. The van der Waals surface area contributed by atoms with Crippen molar-refractivity contribution in [2.24, 2.45) is 7.05 Å². The average molecular weight is 546 g/mol. The minimum atomic E-state index is -0.605. The molecule has 0 unspecified atom stereocenters. The Morgan fingerprint density at radius 2 is 1.97 bits per heavy atom. The standard InChI is InChI=1S/C25H28FN5O4S2/c1-4-35-24(34)20-16-10-6-8-12-18(16)37-23(20)28-21(32)14(2)36-25-30-29-19(31(25)3)13-27-22(33)15-9-5-7-11-17(15)26/h5,7,9,11,14H,4,6,8,10,12-13H2,1-3H3,(H,27,33)(H,28,32)/t14-/m1/s1. The Morgan fingerprint density at radius 1 is 1.22 bits per heavy atom. The van der Waals surface area contributed by atoms with Gasteiger partial charge in [-0.15, -0.1) is 21.5 Å². The molecule has 0 saturated heterocycles. The lowest BCUT2D eigenvalue weighted by Crippen LogP contribution is -2.25. The van der Waals surface area contributed by atoms with Crippen molar-refractivity contribution >= 4 is 45.9 Å². The first-order chi connectivity index (χ1) is 17.8. The third kappa shape index (κ3) is 6.02. The summed E-state index contributed by atoms with van der Waals surface area (Å²) in [7, 11) is 1.73. The molecule has 2 N–H and O–H groups in total. The molecule has 4 rings (SSSR count). The van der Waals surface area contributed by atoms with Crippen LogP contribution < -0.4 is 10.6 Å². The minimum absolute atomic E-state index is 0.0431. The summed E-state index contributed by atoms with van der Waals surface area (Å²) in [4.78, 5) is 39.1. The van der Waals surface area contributed by atoms with Crippen molar-refractivity contribution in [3.63, 3.8) is 0 Å². The molecule has 0 bridgehead atoms. The van der Waals surface area contributed by atoms with Crippen molar-refractivity contribution < 1.29 is 23.5 Å². The number of nitrogens with one attached hydrogen (secondary N) is 2. The molecule has 196 valence electrons. The third-order valence-electron chi connectivity index (χ3n) is 5.99. The van der Waals surface area contributed by atoms with Crippen LogP contribution in [-0.2, 0) is 36.0 Å². The van der Waals surface area contributed by atoms with Crippen molar-refractivity contribution in [3.8, 4) is 0 Å². The number of benzene rings is 1. The fourth-order valence-electron chi connectivity index (χ4n) is 4.00. The summed E-state index contributed by atoms with van der Waals surface area (Å²) in [5.74, 6) is -1.39. The first-order valence-electron chi connectivity index (χ1n) is 12.0. The van der Waals surface area contributed by atoms with Gasteiger partial charge in [0.25, 0.3) is 5.91 Å². The van der Waals surface area contributed by atoms with Crippen LogP contribution in [0.5, 0.6) is 0 Å². The maximum Gasteiger partial charge on any atom is 0.341 e. The zero-order valence-corrected chi connectivity index (χ0v) is 22.4. The molecule has 1 atom stereocenters. The Kier molecular flexibility index (Phi) is 8.59. The molecule has 37 heavy (non-hydrogen) atoms. The van der Waals surface area contributed by atoms with E-state index in [4.69, 9.17) is 4.74 Å². The Balaban J connectivity index is 1.40. The van der Waals surface area contributed by atoms with Crippen molar-refractivity contribution in [1.29, 1.82) is 0 Å². The molecule has 12 heteroatoms. The molecule has 0 saturated carbocycles. The summed E-state index contributed by atoms with van der Waals surface area (Å²) in [6.07, 6.45) is 3.76. The van der Waals surface area contributed by atoms with Crippen LogP contribution in [0.3, 0.4) is 0 Å². The number of fused-ring (bicyclic) bond motifs is 1. The number of aryl methyl sites for hydroxylation is 1. The molecule has 9 nitrogen and oxygen atoms in total. The van der Waals surface area contributed by atoms with Gasteiger partial charge >= 0.3 is 5.97 Å². The average Bonchev–Trinajstić information content (AvgIpc) is 3.42. The minimum Gasteiger partial charge on any atom is -0.462 e. The molecule has 2 aromatic heterocycles. The number of esters is 1. The zero-order valence-electron chi connectivity index (χ0n) is 20.8. The Hall–Kier alpha value is -3.25. The van der Waals surface area contributed by atoms with Gasteiger partial charge < -0.3 is 19.9 Å². The van der Waals surface area contributed by atoms with Gasteiger partial charge in [0.15, 0.2) is 11.0 Å². The first-order valence-corrected chi connectivity index (χ1v) is 13.7. The van der Waals surface area contributed by atoms with Crippen molar-refractivity contribution in [2.75, 3.05) is 11.9 Å². The number of nitrogens with zero attached hydrogens (tertiary/aromatic N) is 3. The second kappa shape index (κ2) is 11.9. The molecule has 2 amide bonds. The smallest absolute Gasteiger partial charge is 0.341 e. The fraction of sp³-hybridized carbons (Fsp3) is 0.400. The summed E-state index contributed by atoms with van der Waals surface area (Å²) in [5.41, 5.74) is 1.40. The van der Waals surface area contributed by atoms with Crippen LogP contribution in [0.25, 0.3) is 0 Å². The quantitative estimate of drug-likeness (QED) is 0.307. The van der Waals surface area contributed by atoms with Gasteiger partial charge in [0.1, 0.15) is 10.8 Å². The number of amides is 2. The molecular weight excluding hydrogens is 517 g/mol. The summed E-state index contributed by atoms with van der Waals surface area (Å²) in [6, 6.07) is 5.72. The number of hydrogen-bond donors (Lipinski definition) is 2. The topological polar surface area (TPSA) is 115 Å². The monoisotopic (exact) mass is 545 g/mol. The summed E-state index contributed by atoms with van der Waals surface area (Å²) >= 11 is 2.65. The molecule has 0 radical (unpaired) electrons. The van der Waals surface area contributed by atoms with Crippen molar-refractivity contribution in [3.05, 3.63) is 57.5 Å². The molecular formula is C25H28FN5O4S2. The predicted molar refractivity (Wildman–Crippen MR) is 139 cm³/mol. The molecule has 0 fully saturated rings. The lowest BCUT2D eigenvalue weighted by Gasteiger charge is -2.13. The van der Waals surface area contributed by atoms with E-state index in [-0.39, 0.29) is 24.6 Å². The van der Waals surface area contributed by atoms with E-state index in [9.17, 15) is 18.8 Å². The maximum atomic E-state index is 13.8. The van der Waals surface area contributed by atoms with Gasteiger partial charge in [-0.1, -0.05) is 23.9 Å². The number of rotatable bonds is 9. The SMILES string of the molecule is CCOC(=O)c1c(NC(=O)[C@@H](C)Sc2nnc(CNC(=O)c3ccccc3F)n2C)sc2c1CCCC2. The highest BCUT2D eigenvalue weighted by molar-refractivity contribution is 8.00. The van der Waals surface area contributed by atoms with Gasteiger partial charge in [-0.2, -0.15) is 0 Å². The number of hydrogen-bond acceptors (Lipinski definition) is 8. The highest BCUT2D eigenvalue weighted by atomic mass is 32.2. The fourth-order valence-corrected chi connectivity index (χ4v) is 6.11. The number of anilines is 1. The number of carbonyl (C=O) groups is 3. The lowest BCUT2D eigenvalue weighted by molar-refractivity contribution is -0.115. The summed E-state index contributed by atoms with van der Waals surface area (Å²) in [6.45, 7) is 3.81. The highest BCUT2D eigenvalue weighted by Gasteiger charge is 2.28. The molecule has 0 spiro atoms. The van der Waals surface area contributed by atoms with Crippen LogP contribution in [0, 0.1) is 5.82 Å². The van der Waals surface area contributed by atoms with Crippen LogP contribution in [0.2, 0.25) is 0 Å². The van der Waals surface area contributed by atoms with E-state index in [0.29, 0.717) is 21.5 Å². The zero-order chi connectivity index (χ0) is 26.5. The number of carbonyl (C=O) groups excluding carboxylic acids is 3. The van der Waals surface area contributed by atoms with Crippen molar-refractivity contribution in [2.45, 2.75) is 56.5 Å². The predicted octanol–water partition coefficient (Wildman–Crippen LogP) is 4.12. The lowest BCUT2D eigenvalue weighted by atomic mass is 9.95. The van der Waals surface area contributed by atoms with Gasteiger partial charge in [-0.3, -0.25) is 9.59 Å². The van der Waals surface area contributed by atoms with Crippen molar-refractivity contribution in [1.82, 2.24) is 20.1 Å². The third-order valence-corrected chi connectivity index (χ3v) is 8.33. The van der Waals surface area contributed by atoms with Gasteiger partial charge in [0.05, 0.1) is 29.5 Å².